The molecule has 1 saturated heterocycles. The van der Waals surface area contributed by atoms with Gasteiger partial charge in [0.15, 0.2) is 0 Å². The molecule has 0 unspecified atom stereocenters. The summed E-state index contributed by atoms with van der Waals surface area (Å²) in [5.74, 6) is 2.57. The number of nitrogens with zero attached hydrogens (tertiary/aromatic N) is 3. The van der Waals surface area contributed by atoms with Gasteiger partial charge in [-0.1, -0.05) is 5.92 Å². The quantitative estimate of drug-likeness (QED) is 0.660. The van der Waals surface area contributed by atoms with Gasteiger partial charge < -0.3 is 4.74 Å². The predicted molar refractivity (Wildman–Crippen MR) is 57.4 cm³/mol. The number of terminal acetylenes is 1. The Hall–Kier alpha value is -1.31. The zero-order valence-electron chi connectivity index (χ0n) is 8.72. The maximum Gasteiger partial charge on any atom is 0.0646 e. The SMILES string of the molecule is C#Cc1cnn(CCN2CCOCC2)c1. The van der Waals surface area contributed by atoms with Gasteiger partial charge in [0, 0.05) is 25.8 Å². The van der Waals surface area contributed by atoms with Crippen LogP contribution in [0.3, 0.4) is 0 Å². The average Bonchev–Trinajstić information content (AvgIpc) is 2.76. The Balaban J connectivity index is 1.79. The van der Waals surface area contributed by atoms with E-state index in [0.29, 0.717) is 0 Å². The van der Waals surface area contributed by atoms with Gasteiger partial charge in [0.1, 0.15) is 0 Å². The molecule has 15 heavy (non-hydrogen) atoms. The Kier molecular flexibility index (Phi) is 3.38. The van der Waals surface area contributed by atoms with Gasteiger partial charge in [-0.2, -0.15) is 5.10 Å². The highest BCUT2D eigenvalue weighted by molar-refractivity contribution is 5.26. The zero-order valence-corrected chi connectivity index (χ0v) is 8.72. The monoisotopic (exact) mass is 205 g/mol. The van der Waals surface area contributed by atoms with Crippen LogP contribution < -0.4 is 0 Å². The molecule has 0 bridgehead atoms. The zero-order chi connectivity index (χ0) is 10.5. The molecule has 2 rings (SSSR count). The minimum Gasteiger partial charge on any atom is -0.379 e. The number of hydrogen-bond acceptors (Lipinski definition) is 3. The van der Waals surface area contributed by atoms with Gasteiger partial charge in [-0.05, 0) is 0 Å². The Labute approximate surface area is 89.8 Å². The first-order chi connectivity index (χ1) is 7.38. The summed E-state index contributed by atoms with van der Waals surface area (Å²) < 4.78 is 7.18. The van der Waals surface area contributed by atoms with Crippen LogP contribution in [-0.4, -0.2) is 47.5 Å². The molecule has 0 aromatic carbocycles. The van der Waals surface area contributed by atoms with Crippen molar-refractivity contribution in [3.8, 4) is 12.3 Å². The molecule has 1 aliphatic heterocycles. The van der Waals surface area contributed by atoms with Crippen molar-refractivity contribution in [1.82, 2.24) is 14.7 Å². The van der Waals surface area contributed by atoms with Crippen LogP contribution in [0.15, 0.2) is 12.4 Å². The van der Waals surface area contributed by atoms with Gasteiger partial charge in [0.25, 0.3) is 0 Å². The number of hydrogen-bond donors (Lipinski definition) is 0. The molecule has 4 heteroatoms. The van der Waals surface area contributed by atoms with Crippen LogP contribution in [0.2, 0.25) is 0 Å². The summed E-state index contributed by atoms with van der Waals surface area (Å²) in [4.78, 5) is 2.38. The first kappa shape index (κ1) is 10.2. The van der Waals surface area contributed by atoms with Crippen molar-refractivity contribution in [3.63, 3.8) is 0 Å². The van der Waals surface area contributed by atoms with Crippen molar-refractivity contribution < 1.29 is 4.74 Å². The van der Waals surface area contributed by atoms with E-state index in [-0.39, 0.29) is 0 Å². The van der Waals surface area contributed by atoms with Crippen LogP contribution in [0.25, 0.3) is 0 Å². The third-order valence-electron chi connectivity index (χ3n) is 2.55. The molecule has 0 amide bonds. The summed E-state index contributed by atoms with van der Waals surface area (Å²) in [6.45, 7) is 5.62. The van der Waals surface area contributed by atoms with Crippen LogP contribution in [0.5, 0.6) is 0 Å². The predicted octanol–water partition coefficient (Wildman–Crippen LogP) is 0.197. The molecule has 1 aliphatic rings. The van der Waals surface area contributed by atoms with Crippen LogP contribution in [0.1, 0.15) is 5.56 Å². The average molecular weight is 205 g/mol. The van der Waals surface area contributed by atoms with E-state index in [1.165, 1.54) is 0 Å². The second-order valence-corrected chi connectivity index (χ2v) is 3.59. The Morgan fingerprint density at radius 3 is 2.87 bits per heavy atom. The second kappa shape index (κ2) is 4.96. The summed E-state index contributed by atoms with van der Waals surface area (Å²) in [7, 11) is 0. The van der Waals surface area contributed by atoms with Gasteiger partial charge >= 0.3 is 0 Å². The number of morpholine rings is 1. The summed E-state index contributed by atoms with van der Waals surface area (Å²) in [5.41, 5.74) is 0.844. The Bertz CT molecular complexity index is 347. The fourth-order valence-corrected chi connectivity index (χ4v) is 1.63. The molecule has 0 spiro atoms. The minimum absolute atomic E-state index is 0.842. The smallest absolute Gasteiger partial charge is 0.0646 e. The van der Waals surface area contributed by atoms with E-state index in [1.54, 1.807) is 6.20 Å². The van der Waals surface area contributed by atoms with Gasteiger partial charge in [-0.25, -0.2) is 0 Å². The molecular weight excluding hydrogens is 190 g/mol. The Morgan fingerprint density at radius 1 is 1.40 bits per heavy atom. The third kappa shape index (κ3) is 2.82. The van der Waals surface area contributed by atoms with E-state index in [1.807, 2.05) is 10.9 Å². The minimum atomic E-state index is 0.842. The van der Waals surface area contributed by atoms with Crippen molar-refractivity contribution in [2.75, 3.05) is 32.8 Å². The van der Waals surface area contributed by atoms with Crippen molar-refractivity contribution in [3.05, 3.63) is 18.0 Å². The number of ether oxygens (including phenoxy) is 1. The lowest BCUT2D eigenvalue weighted by molar-refractivity contribution is 0.0360. The molecule has 1 fully saturated rings. The molecule has 4 nitrogen and oxygen atoms in total. The van der Waals surface area contributed by atoms with Crippen molar-refractivity contribution >= 4 is 0 Å². The van der Waals surface area contributed by atoms with Gasteiger partial charge in [-0.3, -0.25) is 9.58 Å². The van der Waals surface area contributed by atoms with Crippen molar-refractivity contribution in [2.24, 2.45) is 0 Å². The summed E-state index contributed by atoms with van der Waals surface area (Å²) >= 11 is 0. The highest BCUT2D eigenvalue weighted by Gasteiger charge is 2.09. The van der Waals surface area contributed by atoms with Crippen LogP contribution >= 0.6 is 0 Å². The molecule has 2 heterocycles. The van der Waals surface area contributed by atoms with E-state index in [2.05, 4.69) is 15.9 Å². The highest BCUT2D eigenvalue weighted by atomic mass is 16.5. The van der Waals surface area contributed by atoms with E-state index in [0.717, 1.165) is 45.0 Å². The molecule has 1 aromatic rings. The molecule has 0 saturated carbocycles. The molecule has 80 valence electrons. The maximum atomic E-state index is 5.28. The van der Waals surface area contributed by atoms with E-state index in [9.17, 15) is 0 Å². The molecule has 0 aliphatic carbocycles. The number of rotatable bonds is 3. The van der Waals surface area contributed by atoms with Crippen molar-refractivity contribution in [1.29, 1.82) is 0 Å². The van der Waals surface area contributed by atoms with E-state index in [4.69, 9.17) is 11.2 Å². The third-order valence-corrected chi connectivity index (χ3v) is 2.55. The number of aromatic nitrogens is 2. The first-order valence-electron chi connectivity index (χ1n) is 5.17. The van der Waals surface area contributed by atoms with Gasteiger partial charge in [0.2, 0.25) is 0 Å². The fourth-order valence-electron chi connectivity index (χ4n) is 1.63. The van der Waals surface area contributed by atoms with Gasteiger partial charge in [-0.15, -0.1) is 6.42 Å². The second-order valence-electron chi connectivity index (χ2n) is 3.59. The highest BCUT2D eigenvalue weighted by Crippen LogP contribution is 1.99. The summed E-state index contributed by atoms with van der Waals surface area (Å²) in [6, 6.07) is 0. The summed E-state index contributed by atoms with van der Waals surface area (Å²) in [5, 5.41) is 4.19. The summed E-state index contributed by atoms with van der Waals surface area (Å²) in [6.07, 6.45) is 8.90. The lowest BCUT2D eigenvalue weighted by Crippen LogP contribution is -2.38. The van der Waals surface area contributed by atoms with E-state index >= 15 is 0 Å². The molecular formula is C11H15N3O. The Morgan fingerprint density at radius 2 is 2.20 bits per heavy atom. The van der Waals surface area contributed by atoms with Crippen LogP contribution in [-0.2, 0) is 11.3 Å². The lowest BCUT2D eigenvalue weighted by atomic mass is 10.4. The fraction of sp³-hybridized carbons (Fsp3) is 0.545. The molecule has 0 N–H and O–H groups in total. The standard InChI is InChI=1S/C11H15N3O/c1-2-11-9-12-14(10-11)4-3-13-5-7-15-8-6-13/h1,9-10H,3-8H2. The lowest BCUT2D eigenvalue weighted by Gasteiger charge is -2.26. The molecule has 0 atom stereocenters. The van der Waals surface area contributed by atoms with Crippen LogP contribution in [0.4, 0.5) is 0 Å². The first-order valence-corrected chi connectivity index (χ1v) is 5.17. The van der Waals surface area contributed by atoms with Crippen LogP contribution in [0, 0.1) is 12.3 Å². The largest absolute Gasteiger partial charge is 0.379 e. The topological polar surface area (TPSA) is 30.3 Å². The molecule has 0 radical (unpaired) electrons. The molecule has 1 aromatic heterocycles. The normalized spacial score (nSPS) is 17.5. The van der Waals surface area contributed by atoms with E-state index < -0.39 is 0 Å². The van der Waals surface area contributed by atoms with Gasteiger partial charge in [0.05, 0.1) is 31.5 Å². The maximum absolute atomic E-state index is 5.28. The van der Waals surface area contributed by atoms with Crippen molar-refractivity contribution in [2.45, 2.75) is 6.54 Å².